The summed E-state index contributed by atoms with van der Waals surface area (Å²) in [6.45, 7) is 1.50. The number of ether oxygens (including phenoxy) is 1. The van der Waals surface area contributed by atoms with Gasteiger partial charge in [0.1, 0.15) is 11.6 Å². The van der Waals surface area contributed by atoms with Gasteiger partial charge in [0.05, 0.1) is 11.0 Å². The van der Waals surface area contributed by atoms with Crippen LogP contribution in [0.1, 0.15) is 30.7 Å². The number of nitrogens with one attached hydrogen (secondary N) is 1. The Balaban J connectivity index is 1.25. The first-order chi connectivity index (χ1) is 16.2. The number of rotatable bonds is 11. The summed E-state index contributed by atoms with van der Waals surface area (Å²) in [5.41, 5.74) is 3.44. The fourth-order valence-electron chi connectivity index (χ4n) is 3.84. The molecule has 1 aromatic heterocycles. The van der Waals surface area contributed by atoms with E-state index in [1.807, 2.05) is 42.5 Å². The van der Waals surface area contributed by atoms with Gasteiger partial charge in [-0.1, -0.05) is 64.8 Å². The molecular weight excluding hydrogens is 478 g/mol. The smallest absolute Gasteiger partial charge is 0.257 e. The highest BCUT2D eigenvalue weighted by atomic mass is 79.9. The van der Waals surface area contributed by atoms with E-state index in [4.69, 9.17) is 9.72 Å². The van der Waals surface area contributed by atoms with Crippen LogP contribution >= 0.6 is 15.9 Å². The van der Waals surface area contributed by atoms with Gasteiger partial charge in [-0.15, -0.1) is 0 Å². The van der Waals surface area contributed by atoms with Crippen molar-refractivity contribution >= 4 is 32.9 Å². The first kappa shape index (κ1) is 23.1. The number of carbonyl (C=O) groups excluding carboxylic acids is 1. The molecule has 1 amide bonds. The maximum absolute atomic E-state index is 12.0. The summed E-state index contributed by atoms with van der Waals surface area (Å²) in [6.07, 6.45) is 3.90. The van der Waals surface area contributed by atoms with Crippen LogP contribution < -0.4 is 10.1 Å². The predicted octanol–water partition coefficient (Wildman–Crippen LogP) is 5.76. The van der Waals surface area contributed by atoms with Crippen LogP contribution in [0.2, 0.25) is 0 Å². The van der Waals surface area contributed by atoms with Gasteiger partial charge in [-0.05, 0) is 54.8 Å². The van der Waals surface area contributed by atoms with Gasteiger partial charge < -0.3 is 14.6 Å². The minimum atomic E-state index is -0.0883. The topological polar surface area (TPSA) is 56.1 Å². The van der Waals surface area contributed by atoms with E-state index in [0.29, 0.717) is 12.3 Å². The van der Waals surface area contributed by atoms with Crippen LogP contribution in [0.15, 0.2) is 83.3 Å². The molecule has 5 nitrogen and oxygen atoms in total. The Morgan fingerprint density at radius 3 is 2.61 bits per heavy atom. The minimum Gasteiger partial charge on any atom is -0.484 e. The molecule has 1 N–H and O–H groups in total. The first-order valence-electron chi connectivity index (χ1n) is 11.3. The van der Waals surface area contributed by atoms with Crippen LogP contribution in [0.3, 0.4) is 0 Å². The van der Waals surface area contributed by atoms with Crippen LogP contribution in [0.25, 0.3) is 11.0 Å². The van der Waals surface area contributed by atoms with E-state index < -0.39 is 0 Å². The molecular formula is C27H28BrN3O2. The van der Waals surface area contributed by atoms with Crippen molar-refractivity contribution in [2.75, 3.05) is 13.2 Å². The van der Waals surface area contributed by atoms with Crippen molar-refractivity contribution in [3.05, 3.63) is 94.7 Å². The fraction of sp³-hybridized carbons (Fsp3) is 0.259. The van der Waals surface area contributed by atoms with Crippen LogP contribution in [0.4, 0.5) is 0 Å². The van der Waals surface area contributed by atoms with Crippen molar-refractivity contribution in [1.29, 1.82) is 0 Å². The third-order valence-corrected chi connectivity index (χ3v) is 5.97. The Morgan fingerprint density at radius 2 is 1.76 bits per heavy atom. The van der Waals surface area contributed by atoms with Gasteiger partial charge in [-0.3, -0.25) is 4.79 Å². The molecule has 0 saturated heterocycles. The zero-order valence-electron chi connectivity index (χ0n) is 18.5. The van der Waals surface area contributed by atoms with Gasteiger partial charge in [0.2, 0.25) is 0 Å². The molecule has 0 spiro atoms. The number of unbranched alkanes of at least 4 members (excludes halogenated alkanes) is 2. The highest BCUT2D eigenvalue weighted by molar-refractivity contribution is 9.10. The minimum absolute atomic E-state index is 0.0453. The predicted molar refractivity (Wildman–Crippen MR) is 135 cm³/mol. The Morgan fingerprint density at radius 1 is 0.939 bits per heavy atom. The fourth-order valence-corrected chi connectivity index (χ4v) is 4.29. The van der Waals surface area contributed by atoms with Crippen LogP contribution in [-0.4, -0.2) is 28.6 Å². The molecule has 0 bridgehead atoms. The van der Waals surface area contributed by atoms with Crippen molar-refractivity contribution in [2.45, 2.75) is 32.2 Å². The lowest BCUT2D eigenvalue weighted by Crippen LogP contribution is -2.29. The van der Waals surface area contributed by atoms with Gasteiger partial charge in [-0.2, -0.15) is 0 Å². The number of benzene rings is 3. The van der Waals surface area contributed by atoms with Gasteiger partial charge in [-0.25, -0.2) is 4.98 Å². The number of nitrogens with zero attached hydrogens (tertiary/aromatic N) is 2. The molecule has 6 heteroatoms. The number of imidazole rings is 1. The quantitative estimate of drug-likeness (QED) is 0.264. The average molecular weight is 506 g/mol. The van der Waals surface area contributed by atoms with Crippen molar-refractivity contribution in [3.8, 4) is 5.75 Å². The number of hydrogen-bond acceptors (Lipinski definition) is 3. The summed E-state index contributed by atoms with van der Waals surface area (Å²) in [6, 6.07) is 26.1. The van der Waals surface area contributed by atoms with E-state index in [0.717, 1.165) is 53.6 Å². The summed E-state index contributed by atoms with van der Waals surface area (Å²) in [5.74, 6) is 1.73. The monoisotopic (exact) mass is 505 g/mol. The lowest BCUT2D eigenvalue weighted by molar-refractivity contribution is -0.123. The molecule has 33 heavy (non-hydrogen) atoms. The van der Waals surface area contributed by atoms with Gasteiger partial charge >= 0.3 is 0 Å². The highest BCUT2D eigenvalue weighted by Gasteiger charge is 2.11. The highest BCUT2D eigenvalue weighted by Crippen LogP contribution is 2.21. The maximum atomic E-state index is 12.0. The summed E-state index contributed by atoms with van der Waals surface area (Å²) in [4.78, 5) is 16.9. The first-order valence-corrected chi connectivity index (χ1v) is 12.1. The average Bonchev–Trinajstić information content (AvgIpc) is 3.18. The number of aromatic nitrogens is 2. The lowest BCUT2D eigenvalue weighted by Gasteiger charge is -2.10. The number of halogens is 1. The third kappa shape index (κ3) is 6.68. The molecule has 0 atom stereocenters. The molecule has 0 aliphatic heterocycles. The van der Waals surface area contributed by atoms with Crippen molar-refractivity contribution in [2.24, 2.45) is 0 Å². The maximum Gasteiger partial charge on any atom is 0.257 e. The third-order valence-electron chi connectivity index (χ3n) is 5.48. The number of aryl methyl sites for hydroxylation is 1. The normalized spacial score (nSPS) is 10.9. The molecule has 0 aliphatic carbocycles. The second-order valence-corrected chi connectivity index (χ2v) is 8.91. The number of amides is 1. The van der Waals surface area contributed by atoms with Gasteiger partial charge in [0.25, 0.3) is 5.91 Å². The van der Waals surface area contributed by atoms with E-state index in [1.165, 1.54) is 5.56 Å². The SMILES string of the molecule is O=C(COc1ccccc1)NCCCCCc1nc2ccccc2n1Cc1cccc(Br)c1. The van der Waals surface area contributed by atoms with Gasteiger partial charge in [0.15, 0.2) is 6.61 Å². The van der Waals surface area contributed by atoms with Crippen LogP contribution in [0.5, 0.6) is 5.75 Å². The van der Waals surface area contributed by atoms with E-state index in [1.54, 1.807) is 0 Å². The van der Waals surface area contributed by atoms with Crippen LogP contribution in [0, 0.1) is 0 Å². The molecule has 3 aromatic carbocycles. The second-order valence-electron chi connectivity index (χ2n) is 8.00. The number of para-hydroxylation sites is 3. The number of fused-ring (bicyclic) bond motifs is 1. The van der Waals surface area contributed by atoms with Crippen LogP contribution in [-0.2, 0) is 17.8 Å². The van der Waals surface area contributed by atoms with Crippen molar-refractivity contribution in [1.82, 2.24) is 14.9 Å². The van der Waals surface area contributed by atoms with E-state index in [-0.39, 0.29) is 12.5 Å². The van der Waals surface area contributed by atoms with E-state index >= 15 is 0 Å². The summed E-state index contributed by atoms with van der Waals surface area (Å²) < 4.78 is 8.88. The van der Waals surface area contributed by atoms with Crippen molar-refractivity contribution in [3.63, 3.8) is 0 Å². The van der Waals surface area contributed by atoms with Crippen molar-refractivity contribution < 1.29 is 9.53 Å². The molecule has 1 heterocycles. The number of carbonyl (C=O) groups is 1. The van der Waals surface area contributed by atoms with E-state index in [9.17, 15) is 4.79 Å². The zero-order valence-corrected chi connectivity index (χ0v) is 20.1. The Labute approximate surface area is 202 Å². The summed E-state index contributed by atoms with van der Waals surface area (Å²) >= 11 is 3.57. The molecule has 0 radical (unpaired) electrons. The Hall–Kier alpha value is -3.12. The Kier molecular flexibility index (Phi) is 8.14. The van der Waals surface area contributed by atoms with E-state index in [2.05, 4.69) is 62.2 Å². The van der Waals surface area contributed by atoms with Gasteiger partial charge in [0, 0.05) is 24.0 Å². The second kappa shape index (κ2) is 11.7. The lowest BCUT2D eigenvalue weighted by atomic mass is 10.1. The molecule has 0 aliphatic rings. The molecule has 0 fully saturated rings. The zero-order chi connectivity index (χ0) is 22.9. The molecule has 4 rings (SSSR count). The molecule has 0 saturated carbocycles. The molecule has 170 valence electrons. The molecule has 0 unspecified atom stereocenters. The standard InChI is InChI=1S/C27H28BrN3O2/c28-22-11-9-10-21(18-22)19-31-25-15-7-6-14-24(25)30-26(31)16-5-2-8-17-29-27(32)20-33-23-12-3-1-4-13-23/h1,3-4,6-7,9-15,18H,2,5,8,16-17,19-20H2,(H,29,32). The molecule has 4 aromatic rings. The number of hydrogen-bond donors (Lipinski definition) is 1. The summed E-state index contributed by atoms with van der Waals surface area (Å²) in [7, 11) is 0. The largest absolute Gasteiger partial charge is 0.484 e. The Bertz CT molecular complexity index is 1190. The summed E-state index contributed by atoms with van der Waals surface area (Å²) in [5, 5.41) is 2.93.